The number of methoxy groups -OCH3 is 1. The van der Waals surface area contributed by atoms with Gasteiger partial charge in [0.2, 0.25) is 0 Å². The van der Waals surface area contributed by atoms with Crippen LogP contribution in [0.15, 0.2) is 54.6 Å². The van der Waals surface area contributed by atoms with E-state index in [9.17, 15) is 4.79 Å². The van der Waals surface area contributed by atoms with Gasteiger partial charge in [-0.05, 0) is 50.1 Å². The highest BCUT2D eigenvalue weighted by atomic mass is 16.5. The molecule has 0 radical (unpaired) electrons. The van der Waals surface area contributed by atoms with Gasteiger partial charge in [0.1, 0.15) is 11.4 Å². The number of carbonyl (C=O) groups is 1. The molecule has 1 N–H and O–H groups in total. The van der Waals surface area contributed by atoms with Crippen LogP contribution in [-0.4, -0.2) is 28.8 Å². The number of aromatic nitrogens is 2. The number of carbonyl (C=O) groups excluding carboxylic acids is 1. The smallest absolute Gasteiger partial charge is 0.270 e. The summed E-state index contributed by atoms with van der Waals surface area (Å²) in [7, 11) is 1.64. The molecule has 1 unspecified atom stereocenters. The predicted molar refractivity (Wildman–Crippen MR) is 112 cm³/mol. The van der Waals surface area contributed by atoms with E-state index in [1.165, 1.54) is 0 Å². The Balaban J connectivity index is 2.06. The molecule has 146 valence electrons. The average molecular weight is 377 g/mol. The number of aryl methyl sites for hydroxylation is 1. The van der Waals surface area contributed by atoms with Crippen molar-refractivity contribution >= 4 is 5.91 Å². The summed E-state index contributed by atoms with van der Waals surface area (Å²) < 4.78 is 7.03. The third kappa shape index (κ3) is 4.25. The number of hydrogen-bond acceptors (Lipinski definition) is 3. The Morgan fingerprint density at radius 2 is 1.79 bits per heavy atom. The first-order valence-electron chi connectivity index (χ1n) is 9.51. The Hall–Kier alpha value is -3.08. The molecule has 3 rings (SSSR count). The molecule has 3 aromatic rings. The fraction of sp³-hybridized carbons (Fsp3) is 0.304. The molecular formula is C23H27N3O2. The molecule has 1 heterocycles. The van der Waals surface area contributed by atoms with E-state index >= 15 is 0 Å². The highest BCUT2D eigenvalue weighted by Gasteiger charge is 2.20. The van der Waals surface area contributed by atoms with Crippen molar-refractivity contribution in [3.8, 4) is 22.7 Å². The standard InChI is InChI=1S/C23H27N3O2/c1-15(2)17(4)24-23(27)22-14-21(18-7-6-8-20(13-18)28-5)25-26(22)19-11-9-16(3)10-12-19/h6-15,17H,1-5H3,(H,24,27). The van der Waals surface area contributed by atoms with Crippen LogP contribution in [0.4, 0.5) is 0 Å². The zero-order valence-electron chi connectivity index (χ0n) is 17.1. The highest BCUT2D eigenvalue weighted by molar-refractivity contribution is 5.94. The minimum absolute atomic E-state index is 0.0640. The Morgan fingerprint density at radius 3 is 2.43 bits per heavy atom. The van der Waals surface area contributed by atoms with Gasteiger partial charge < -0.3 is 10.1 Å². The molecule has 0 aliphatic carbocycles. The molecule has 1 aromatic heterocycles. The van der Waals surface area contributed by atoms with E-state index in [0.717, 1.165) is 28.3 Å². The van der Waals surface area contributed by atoms with Gasteiger partial charge in [0, 0.05) is 11.6 Å². The molecule has 0 saturated carbocycles. The molecule has 0 aliphatic rings. The molecule has 2 aromatic carbocycles. The molecule has 0 aliphatic heterocycles. The average Bonchev–Trinajstić information content (AvgIpc) is 3.14. The molecule has 1 amide bonds. The van der Waals surface area contributed by atoms with Gasteiger partial charge in [-0.15, -0.1) is 0 Å². The third-order valence-corrected chi connectivity index (χ3v) is 4.94. The molecule has 0 saturated heterocycles. The van der Waals surface area contributed by atoms with Crippen LogP contribution in [0.3, 0.4) is 0 Å². The van der Waals surface area contributed by atoms with Crippen molar-refractivity contribution in [2.75, 3.05) is 7.11 Å². The van der Waals surface area contributed by atoms with E-state index in [4.69, 9.17) is 9.84 Å². The summed E-state index contributed by atoms with van der Waals surface area (Å²) in [6.07, 6.45) is 0. The van der Waals surface area contributed by atoms with Crippen molar-refractivity contribution in [1.82, 2.24) is 15.1 Å². The van der Waals surface area contributed by atoms with Crippen molar-refractivity contribution < 1.29 is 9.53 Å². The van der Waals surface area contributed by atoms with E-state index in [1.54, 1.807) is 11.8 Å². The minimum Gasteiger partial charge on any atom is -0.497 e. The zero-order chi connectivity index (χ0) is 20.3. The van der Waals surface area contributed by atoms with E-state index in [1.807, 2.05) is 68.4 Å². The van der Waals surface area contributed by atoms with E-state index < -0.39 is 0 Å². The molecule has 5 nitrogen and oxygen atoms in total. The second-order valence-electron chi connectivity index (χ2n) is 7.40. The molecule has 0 spiro atoms. The Kier molecular flexibility index (Phi) is 5.83. The molecular weight excluding hydrogens is 350 g/mol. The van der Waals surface area contributed by atoms with Crippen LogP contribution in [0.5, 0.6) is 5.75 Å². The SMILES string of the molecule is COc1cccc(-c2cc(C(=O)NC(C)C(C)C)n(-c3ccc(C)cc3)n2)c1. The number of benzene rings is 2. The number of nitrogens with one attached hydrogen (secondary N) is 1. The molecule has 5 heteroatoms. The van der Waals surface area contributed by atoms with Crippen molar-refractivity contribution in [3.63, 3.8) is 0 Å². The summed E-state index contributed by atoms with van der Waals surface area (Å²) in [4.78, 5) is 13.0. The lowest BCUT2D eigenvalue weighted by atomic mass is 10.1. The maximum Gasteiger partial charge on any atom is 0.270 e. The van der Waals surface area contributed by atoms with Gasteiger partial charge in [0.05, 0.1) is 18.5 Å². The van der Waals surface area contributed by atoms with Gasteiger partial charge >= 0.3 is 0 Å². The van der Waals surface area contributed by atoms with Crippen LogP contribution in [-0.2, 0) is 0 Å². The zero-order valence-corrected chi connectivity index (χ0v) is 17.1. The Bertz CT molecular complexity index is 958. The summed E-state index contributed by atoms with van der Waals surface area (Å²) in [5, 5.41) is 7.81. The van der Waals surface area contributed by atoms with Gasteiger partial charge in [-0.3, -0.25) is 4.79 Å². The van der Waals surface area contributed by atoms with Crippen molar-refractivity contribution in [2.24, 2.45) is 5.92 Å². The summed E-state index contributed by atoms with van der Waals surface area (Å²) in [6.45, 7) is 8.22. The molecule has 0 fully saturated rings. The van der Waals surface area contributed by atoms with Gasteiger partial charge in [-0.1, -0.05) is 43.7 Å². The summed E-state index contributed by atoms with van der Waals surface area (Å²) >= 11 is 0. The van der Waals surface area contributed by atoms with Gasteiger partial charge in [0.15, 0.2) is 0 Å². The predicted octanol–water partition coefficient (Wildman–Crippen LogP) is 4.63. The molecule has 1 atom stereocenters. The number of rotatable bonds is 6. The van der Waals surface area contributed by atoms with E-state index in [-0.39, 0.29) is 11.9 Å². The maximum absolute atomic E-state index is 13.0. The monoisotopic (exact) mass is 377 g/mol. The second kappa shape index (κ2) is 8.30. The van der Waals surface area contributed by atoms with Crippen LogP contribution in [0, 0.1) is 12.8 Å². The number of amides is 1. The summed E-state index contributed by atoms with van der Waals surface area (Å²) in [6, 6.07) is 17.6. The van der Waals surface area contributed by atoms with Gasteiger partial charge in [-0.25, -0.2) is 4.68 Å². The normalized spacial score (nSPS) is 12.1. The largest absolute Gasteiger partial charge is 0.497 e. The lowest BCUT2D eigenvalue weighted by molar-refractivity contribution is 0.0922. The number of hydrogen-bond donors (Lipinski definition) is 1. The fourth-order valence-electron chi connectivity index (χ4n) is 2.80. The van der Waals surface area contributed by atoms with Crippen molar-refractivity contribution in [1.29, 1.82) is 0 Å². The van der Waals surface area contributed by atoms with E-state index in [0.29, 0.717) is 11.6 Å². The lowest BCUT2D eigenvalue weighted by Gasteiger charge is -2.17. The molecule has 28 heavy (non-hydrogen) atoms. The first-order valence-corrected chi connectivity index (χ1v) is 9.51. The van der Waals surface area contributed by atoms with Crippen LogP contribution < -0.4 is 10.1 Å². The first kappa shape index (κ1) is 19.7. The minimum atomic E-state index is -0.136. The van der Waals surface area contributed by atoms with Gasteiger partial charge in [0.25, 0.3) is 5.91 Å². The highest BCUT2D eigenvalue weighted by Crippen LogP contribution is 2.25. The number of nitrogens with zero attached hydrogens (tertiary/aromatic N) is 2. The molecule has 0 bridgehead atoms. The van der Waals surface area contributed by atoms with Crippen LogP contribution in [0.2, 0.25) is 0 Å². The van der Waals surface area contributed by atoms with E-state index in [2.05, 4.69) is 19.2 Å². The topological polar surface area (TPSA) is 56.1 Å². The maximum atomic E-state index is 13.0. The Morgan fingerprint density at radius 1 is 1.07 bits per heavy atom. The van der Waals surface area contributed by atoms with Crippen LogP contribution in [0.1, 0.15) is 36.8 Å². The quantitative estimate of drug-likeness (QED) is 0.681. The second-order valence-corrected chi connectivity index (χ2v) is 7.40. The Labute approximate surface area is 166 Å². The lowest BCUT2D eigenvalue weighted by Crippen LogP contribution is -2.37. The first-order chi connectivity index (χ1) is 13.4. The summed E-state index contributed by atoms with van der Waals surface area (Å²) in [5.41, 5.74) is 4.14. The van der Waals surface area contributed by atoms with Crippen LogP contribution in [0.25, 0.3) is 16.9 Å². The van der Waals surface area contributed by atoms with Gasteiger partial charge in [-0.2, -0.15) is 5.10 Å². The van der Waals surface area contributed by atoms with Crippen molar-refractivity contribution in [2.45, 2.75) is 33.7 Å². The fourth-order valence-corrected chi connectivity index (χ4v) is 2.80. The van der Waals surface area contributed by atoms with Crippen molar-refractivity contribution in [3.05, 3.63) is 65.9 Å². The van der Waals surface area contributed by atoms with Crippen LogP contribution >= 0.6 is 0 Å². The summed E-state index contributed by atoms with van der Waals surface area (Å²) in [5.74, 6) is 0.961. The third-order valence-electron chi connectivity index (χ3n) is 4.94. The number of ether oxygens (including phenoxy) is 1.